The summed E-state index contributed by atoms with van der Waals surface area (Å²) in [5.74, 6) is 1.39. The summed E-state index contributed by atoms with van der Waals surface area (Å²) in [6.45, 7) is 0. The Bertz CT molecular complexity index is 708. The van der Waals surface area contributed by atoms with E-state index in [0.29, 0.717) is 23.6 Å². The van der Waals surface area contributed by atoms with Crippen LogP contribution in [0, 0.1) is 5.92 Å². The highest BCUT2D eigenvalue weighted by atomic mass is 32.2. The normalized spacial score (nSPS) is 22.6. The predicted molar refractivity (Wildman–Crippen MR) is 69.7 cm³/mol. The topological polar surface area (TPSA) is 84.6 Å². The maximum Gasteiger partial charge on any atom is 0.203 e. The lowest BCUT2D eigenvalue weighted by Crippen LogP contribution is -2.27. The van der Waals surface area contributed by atoms with Crippen LogP contribution in [0.3, 0.4) is 0 Å². The van der Waals surface area contributed by atoms with Gasteiger partial charge in [-0.05, 0) is 30.9 Å². The number of fused-ring (bicyclic) bond motifs is 1. The second-order valence-corrected chi connectivity index (χ2v) is 7.26. The molecule has 102 valence electrons. The van der Waals surface area contributed by atoms with Crippen LogP contribution in [-0.2, 0) is 16.3 Å². The van der Waals surface area contributed by atoms with E-state index in [1.54, 1.807) is 22.7 Å². The minimum absolute atomic E-state index is 0.0810. The molecular formula is C12H15N3O3S. The van der Waals surface area contributed by atoms with Gasteiger partial charge in [0.25, 0.3) is 0 Å². The van der Waals surface area contributed by atoms with Gasteiger partial charge in [-0.25, -0.2) is 8.42 Å². The lowest BCUT2D eigenvalue weighted by Gasteiger charge is -2.20. The average Bonchev–Trinajstić information content (AvgIpc) is 2.73. The summed E-state index contributed by atoms with van der Waals surface area (Å²) in [5, 5.41) is 17.6. The van der Waals surface area contributed by atoms with Crippen molar-refractivity contribution < 1.29 is 13.5 Å². The molecule has 0 radical (unpaired) electrons. The Morgan fingerprint density at radius 2 is 2.26 bits per heavy atom. The maximum absolute atomic E-state index is 11.6. The van der Waals surface area contributed by atoms with Crippen LogP contribution in [0.15, 0.2) is 18.3 Å². The molecule has 2 aromatic heterocycles. The molecule has 1 aliphatic heterocycles. The molecule has 1 fully saturated rings. The fraction of sp³-hybridized carbons (Fsp3) is 0.500. The molecule has 1 aliphatic rings. The molecule has 1 atom stereocenters. The molecule has 1 saturated heterocycles. The Morgan fingerprint density at radius 3 is 3.05 bits per heavy atom. The fourth-order valence-corrected chi connectivity index (χ4v) is 4.40. The first kappa shape index (κ1) is 12.4. The molecule has 1 N–H and O–H groups in total. The number of pyridine rings is 1. The molecule has 1 unspecified atom stereocenters. The minimum Gasteiger partial charge on any atom is -0.504 e. The highest BCUT2D eigenvalue weighted by Crippen LogP contribution is 2.23. The molecule has 0 bridgehead atoms. The van der Waals surface area contributed by atoms with Crippen molar-refractivity contribution in [2.75, 3.05) is 11.5 Å². The van der Waals surface area contributed by atoms with Crippen LogP contribution in [0.25, 0.3) is 5.65 Å². The number of hydrogen-bond donors (Lipinski definition) is 1. The summed E-state index contributed by atoms with van der Waals surface area (Å²) in [6, 6.07) is 3.27. The minimum atomic E-state index is -2.90. The predicted octanol–water partition coefficient (Wildman–Crippen LogP) is 0.802. The maximum atomic E-state index is 11.6. The molecule has 7 heteroatoms. The smallest absolute Gasteiger partial charge is 0.203 e. The van der Waals surface area contributed by atoms with Crippen LogP contribution in [-0.4, -0.2) is 39.6 Å². The molecule has 2 aromatic rings. The zero-order chi connectivity index (χ0) is 13.5. The SMILES string of the molecule is O=S1(=O)CCCC(Cc2nnc3c(O)cccn23)C1. The highest BCUT2D eigenvalue weighted by molar-refractivity contribution is 7.91. The molecule has 19 heavy (non-hydrogen) atoms. The van der Waals surface area contributed by atoms with Gasteiger partial charge in [0.1, 0.15) is 5.82 Å². The van der Waals surface area contributed by atoms with E-state index in [9.17, 15) is 13.5 Å². The Morgan fingerprint density at radius 1 is 1.42 bits per heavy atom. The van der Waals surface area contributed by atoms with Gasteiger partial charge in [-0.2, -0.15) is 0 Å². The molecule has 0 aromatic carbocycles. The lowest BCUT2D eigenvalue weighted by molar-refractivity contribution is 0.471. The lowest BCUT2D eigenvalue weighted by atomic mass is 10.0. The van der Waals surface area contributed by atoms with Gasteiger partial charge in [0, 0.05) is 12.6 Å². The van der Waals surface area contributed by atoms with E-state index in [2.05, 4.69) is 10.2 Å². The first-order chi connectivity index (χ1) is 9.05. The van der Waals surface area contributed by atoms with Crippen LogP contribution in [0.5, 0.6) is 5.75 Å². The Kier molecular flexibility index (Phi) is 2.93. The Labute approximate surface area is 111 Å². The largest absolute Gasteiger partial charge is 0.504 e. The highest BCUT2D eigenvalue weighted by Gasteiger charge is 2.26. The number of nitrogens with zero attached hydrogens (tertiary/aromatic N) is 3. The monoisotopic (exact) mass is 281 g/mol. The first-order valence-corrected chi connectivity index (χ1v) is 8.09. The van der Waals surface area contributed by atoms with Gasteiger partial charge in [0.2, 0.25) is 5.65 Å². The van der Waals surface area contributed by atoms with Gasteiger partial charge in [-0.1, -0.05) is 0 Å². The summed E-state index contributed by atoms with van der Waals surface area (Å²) in [4.78, 5) is 0. The molecule has 0 aliphatic carbocycles. The van der Waals surface area contributed by atoms with Gasteiger partial charge in [-0.3, -0.25) is 4.40 Å². The van der Waals surface area contributed by atoms with E-state index in [1.807, 2.05) is 0 Å². The van der Waals surface area contributed by atoms with Gasteiger partial charge >= 0.3 is 0 Å². The van der Waals surface area contributed by atoms with Crippen molar-refractivity contribution >= 4 is 15.5 Å². The second-order valence-electron chi connectivity index (χ2n) is 5.03. The van der Waals surface area contributed by atoms with Gasteiger partial charge in [-0.15, -0.1) is 10.2 Å². The van der Waals surface area contributed by atoms with Crippen LogP contribution in [0.1, 0.15) is 18.7 Å². The Balaban J connectivity index is 1.88. The second kappa shape index (κ2) is 4.48. The van der Waals surface area contributed by atoms with Crippen molar-refractivity contribution in [3.63, 3.8) is 0 Å². The van der Waals surface area contributed by atoms with Crippen molar-refractivity contribution in [2.45, 2.75) is 19.3 Å². The van der Waals surface area contributed by atoms with Crippen molar-refractivity contribution in [1.29, 1.82) is 0 Å². The summed E-state index contributed by atoms with van der Waals surface area (Å²) in [7, 11) is -2.90. The van der Waals surface area contributed by atoms with E-state index in [4.69, 9.17) is 0 Å². The molecule has 0 amide bonds. The van der Waals surface area contributed by atoms with Gasteiger partial charge in [0.05, 0.1) is 11.5 Å². The third kappa shape index (κ3) is 2.42. The number of rotatable bonds is 2. The number of sulfone groups is 1. The number of hydrogen-bond acceptors (Lipinski definition) is 5. The quantitative estimate of drug-likeness (QED) is 0.880. The van der Waals surface area contributed by atoms with Gasteiger partial charge in [0.15, 0.2) is 15.6 Å². The van der Waals surface area contributed by atoms with Gasteiger partial charge < -0.3 is 5.11 Å². The summed E-state index contributed by atoms with van der Waals surface area (Å²) in [6.07, 6.45) is 3.97. The number of aromatic nitrogens is 3. The molecule has 0 spiro atoms. The van der Waals surface area contributed by atoms with Crippen molar-refractivity contribution in [1.82, 2.24) is 14.6 Å². The average molecular weight is 281 g/mol. The third-order valence-electron chi connectivity index (χ3n) is 3.51. The number of aromatic hydroxyl groups is 1. The standard InChI is InChI=1S/C12H15N3O3S/c16-10-4-1-5-15-11(13-14-12(10)15)7-9-3-2-6-19(17,18)8-9/h1,4-5,9,16H,2-3,6-8H2. The zero-order valence-corrected chi connectivity index (χ0v) is 11.2. The summed E-state index contributed by atoms with van der Waals surface area (Å²) in [5.41, 5.74) is 0.413. The molecular weight excluding hydrogens is 266 g/mol. The van der Waals surface area contributed by atoms with Crippen LogP contribution in [0.2, 0.25) is 0 Å². The van der Waals surface area contributed by atoms with Crippen molar-refractivity contribution in [3.8, 4) is 5.75 Å². The molecule has 6 nitrogen and oxygen atoms in total. The van der Waals surface area contributed by atoms with Crippen LogP contribution < -0.4 is 0 Å². The van der Waals surface area contributed by atoms with E-state index in [1.165, 1.54) is 0 Å². The third-order valence-corrected chi connectivity index (χ3v) is 5.40. The van der Waals surface area contributed by atoms with Crippen LogP contribution in [0.4, 0.5) is 0 Å². The summed E-state index contributed by atoms with van der Waals surface area (Å²) < 4.78 is 25.0. The molecule has 3 rings (SSSR count). The van der Waals surface area contributed by atoms with Crippen LogP contribution >= 0.6 is 0 Å². The van der Waals surface area contributed by atoms with Crippen molar-refractivity contribution in [3.05, 3.63) is 24.2 Å². The molecule has 3 heterocycles. The molecule has 0 saturated carbocycles. The van der Waals surface area contributed by atoms with E-state index < -0.39 is 9.84 Å². The summed E-state index contributed by atoms with van der Waals surface area (Å²) >= 11 is 0. The zero-order valence-electron chi connectivity index (χ0n) is 10.4. The fourth-order valence-electron chi connectivity index (χ4n) is 2.63. The first-order valence-electron chi connectivity index (χ1n) is 6.27. The van der Waals surface area contributed by atoms with E-state index >= 15 is 0 Å². The van der Waals surface area contributed by atoms with E-state index in [-0.39, 0.29) is 17.4 Å². The van der Waals surface area contributed by atoms with Crippen molar-refractivity contribution in [2.24, 2.45) is 5.92 Å². The Hall–Kier alpha value is -1.63. The van der Waals surface area contributed by atoms with E-state index in [0.717, 1.165) is 12.8 Å².